The molecule has 0 aliphatic carbocycles. The molecule has 0 atom stereocenters. The van der Waals surface area contributed by atoms with Crippen molar-refractivity contribution in [2.45, 2.75) is 33.4 Å². The highest BCUT2D eigenvalue weighted by molar-refractivity contribution is 5.56. The normalized spacial score (nSPS) is 12.3. The van der Waals surface area contributed by atoms with Gasteiger partial charge in [0.25, 0.3) is 0 Å². The number of rotatable bonds is 5. The first-order valence-corrected chi connectivity index (χ1v) is 6.20. The van der Waals surface area contributed by atoms with Crippen LogP contribution in [0.25, 0.3) is 0 Å². The molecule has 1 aromatic rings. The summed E-state index contributed by atoms with van der Waals surface area (Å²) in [7, 11) is 0. The van der Waals surface area contributed by atoms with Gasteiger partial charge in [0.2, 0.25) is 0 Å². The quantitative estimate of drug-likeness (QED) is 0.855. The Morgan fingerprint density at radius 1 is 1.11 bits per heavy atom. The minimum atomic E-state index is -4.32. The standard InChI is InChI=1S/C14H20F3NO/c1-13(2,3)8-9-18-11-6-4-5-7-12(11)19-10-14(15,16)17/h4-7,18H,8-10H2,1-3H3. The molecule has 0 radical (unpaired) electrons. The van der Waals surface area contributed by atoms with Gasteiger partial charge in [-0.15, -0.1) is 0 Å². The number of benzene rings is 1. The lowest BCUT2D eigenvalue weighted by atomic mass is 9.92. The Bertz CT molecular complexity index is 396. The molecule has 108 valence electrons. The highest BCUT2D eigenvalue weighted by Gasteiger charge is 2.28. The summed E-state index contributed by atoms with van der Waals surface area (Å²) in [6, 6.07) is 6.67. The molecular formula is C14H20F3NO. The molecule has 1 rings (SSSR count). The fourth-order valence-corrected chi connectivity index (χ4v) is 1.47. The van der Waals surface area contributed by atoms with Crippen molar-refractivity contribution >= 4 is 5.69 Å². The van der Waals surface area contributed by atoms with E-state index in [0.29, 0.717) is 12.2 Å². The minimum Gasteiger partial charge on any atom is -0.482 e. The van der Waals surface area contributed by atoms with Crippen molar-refractivity contribution in [1.82, 2.24) is 0 Å². The maximum atomic E-state index is 12.1. The first kappa shape index (κ1) is 15.7. The summed E-state index contributed by atoms with van der Waals surface area (Å²) in [5, 5.41) is 3.11. The van der Waals surface area contributed by atoms with Crippen LogP contribution in [0.2, 0.25) is 0 Å². The Kier molecular flexibility index (Phi) is 5.09. The summed E-state index contributed by atoms with van der Waals surface area (Å²) in [5.74, 6) is 0.230. The Balaban J connectivity index is 2.58. The number of anilines is 1. The van der Waals surface area contributed by atoms with Gasteiger partial charge >= 0.3 is 6.18 Å². The van der Waals surface area contributed by atoms with Crippen LogP contribution in [-0.4, -0.2) is 19.3 Å². The summed E-state index contributed by atoms with van der Waals surface area (Å²) >= 11 is 0. The van der Waals surface area contributed by atoms with Gasteiger partial charge in [-0.2, -0.15) is 13.2 Å². The van der Waals surface area contributed by atoms with Crippen LogP contribution in [-0.2, 0) is 0 Å². The van der Waals surface area contributed by atoms with Crippen molar-refractivity contribution in [3.63, 3.8) is 0 Å². The Hall–Kier alpha value is -1.39. The van der Waals surface area contributed by atoms with Crippen molar-refractivity contribution in [1.29, 1.82) is 0 Å². The lowest BCUT2D eigenvalue weighted by Gasteiger charge is -2.19. The van der Waals surface area contributed by atoms with Gasteiger partial charge in [-0.3, -0.25) is 0 Å². The zero-order valence-corrected chi connectivity index (χ0v) is 11.5. The van der Waals surface area contributed by atoms with E-state index in [1.54, 1.807) is 18.2 Å². The molecule has 2 nitrogen and oxygen atoms in total. The molecule has 0 saturated carbocycles. The first-order valence-electron chi connectivity index (χ1n) is 6.20. The highest BCUT2D eigenvalue weighted by atomic mass is 19.4. The molecule has 1 aromatic carbocycles. The monoisotopic (exact) mass is 275 g/mol. The molecule has 1 N–H and O–H groups in total. The molecule has 0 aliphatic rings. The van der Waals surface area contributed by atoms with Crippen LogP contribution in [0.5, 0.6) is 5.75 Å². The molecule has 0 aliphatic heterocycles. The van der Waals surface area contributed by atoms with E-state index in [9.17, 15) is 13.2 Å². The molecule has 0 unspecified atom stereocenters. The number of hydrogen-bond acceptors (Lipinski definition) is 2. The smallest absolute Gasteiger partial charge is 0.422 e. The van der Waals surface area contributed by atoms with Crippen molar-refractivity contribution in [3.8, 4) is 5.75 Å². The van der Waals surface area contributed by atoms with Crippen LogP contribution in [0.4, 0.5) is 18.9 Å². The van der Waals surface area contributed by atoms with Crippen LogP contribution in [0, 0.1) is 5.41 Å². The topological polar surface area (TPSA) is 21.3 Å². The summed E-state index contributed by atoms with van der Waals surface area (Å²) in [5.41, 5.74) is 0.769. The largest absolute Gasteiger partial charge is 0.482 e. The highest BCUT2D eigenvalue weighted by Crippen LogP contribution is 2.27. The summed E-state index contributed by atoms with van der Waals surface area (Å²) in [6.45, 7) is 5.75. The van der Waals surface area contributed by atoms with Gasteiger partial charge in [-0.25, -0.2) is 0 Å². The molecule has 0 spiro atoms. The first-order chi connectivity index (χ1) is 8.67. The molecule has 5 heteroatoms. The lowest BCUT2D eigenvalue weighted by Crippen LogP contribution is -2.20. The molecule has 19 heavy (non-hydrogen) atoms. The summed E-state index contributed by atoms with van der Waals surface area (Å²) in [4.78, 5) is 0. The maximum Gasteiger partial charge on any atom is 0.422 e. The van der Waals surface area contributed by atoms with E-state index < -0.39 is 12.8 Å². The van der Waals surface area contributed by atoms with Crippen LogP contribution >= 0.6 is 0 Å². The number of nitrogens with one attached hydrogen (secondary N) is 1. The van der Waals surface area contributed by atoms with Gasteiger partial charge in [0.1, 0.15) is 5.75 Å². The van der Waals surface area contributed by atoms with Gasteiger partial charge in [0.15, 0.2) is 6.61 Å². The number of hydrogen-bond donors (Lipinski definition) is 1. The number of para-hydroxylation sites is 2. The average molecular weight is 275 g/mol. The molecule has 0 amide bonds. The van der Waals surface area contributed by atoms with Gasteiger partial charge in [0.05, 0.1) is 5.69 Å². The van der Waals surface area contributed by atoms with E-state index in [1.165, 1.54) is 6.07 Å². The third-order valence-corrected chi connectivity index (χ3v) is 2.47. The van der Waals surface area contributed by atoms with E-state index in [4.69, 9.17) is 4.74 Å². The SMILES string of the molecule is CC(C)(C)CCNc1ccccc1OCC(F)(F)F. The molecular weight excluding hydrogens is 255 g/mol. The number of halogens is 3. The van der Waals surface area contributed by atoms with Gasteiger partial charge in [-0.05, 0) is 24.0 Å². The predicted molar refractivity (Wildman–Crippen MR) is 70.6 cm³/mol. The third-order valence-electron chi connectivity index (χ3n) is 2.47. The second kappa shape index (κ2) is 6.17. The molecule has 0 saturated heterocycles. The maximum absolute atomic E-state index is 12.1. The second-order valence-electron chi connectivity index (χ2n) is 5.64. The molecule has 0 fully saturated rings. The molecule has 0 heterocycles. The van der Waals surface area contributed by atoms with Crippen LogP contribution in [0.15, 0.2) is 24.3 Å². The molecule has 0 aromatic heterocycles. The van der Waals surface area contributed by atoms with Crippen LogP contribution in [0.1, 0.15) is 27.2 Å². The van der Waals surface area contributed by atoms with E-state index in [-0.39, 0.29) is 11.2 Å². The van der Waals surface area contributed by atoms with Gasteiger partial charge in [0, 0.05) is 6.54 Å². The zero-order chi connectivity index (χ0) is 14.5. The average Bonchev–Trinajstić information content (AvgIpc) is 2.25. The third kappa shape index (κ3) is 6.94. The van der Waals surface area contributed by atoms with Crippen molar-refractivity contribution in [3.05, 3.63) is 24.3 Å². The lowest BCUT2D eigenvalue weighted by molar-refractivity contribution is -0.153. The van der Waals surface area contributed by atoms with E-state index in [1.807, 2.05) is 0 Å². The van der Waals surface area contributed by atoms with E-state index in [2.05, 4.69) is 26.1 Å². The summed E-state index contributed by atoms with van der Waals surface area (Å²) < 4.78 is 41.2. The number of alkyl halides is 3. The van der Waals surface area contributed by atoms with Crippen molar-refractivity contribution < 1.29 is 17.9 Å². The zero-order valence-electron chi connectivity index (χ0n) is 11.5. The molecule has 0 bridgehead atoms. The number of ether oxygens (including phenoxy) is 1. The van der Waals surface area contributed by atoms with Gasteiger partial charge in [-0.1, -0.05) is 32.9 Å². The van der Waals surface area contributed by atoms with Crippen LogP contribution < -0.4 is 10.1 Å². The van der Waals surface area contributed by atoms with Crippen LogP contribution in [0.3, 0.4) is 0 Å². The minimum absolute atomic E-state index is 0.175. The Morgan fingerprint density at radius 3 is 2.32 bits per heavy atom. The fraction of sp³-hybridized carbons (Fsp3) is 0.571. The Morgan fingerprint density at radius 2 is 1.74 bits per heavy atom. The second-order valence-corrected chi connectivity index (χ2v) is 5.64. The van der Waals surface area contributed by atoms with E-state index >= 15 is 0 Å². The van der Waals surface area contributed by atoms with Crippen molar-refractivity contribution in [2.24, 2.45) is 5.41 Å². The van der Waals surface area contributed by atoms with Gasteiger partial charge < -0.3 is 10.1 Å². The van der Waals surface area contributed by atoms with Crippen molar-refractivity contribution in [2.75, 3.05) is 18.5 Å². The Labute approximate surface area is 112 Å². The fourth-order valence-electron chi connectivity index (χ4n) is 1.47. The van der Waals surface area contributed by atoms with E-state index in [0.717, 1.165) is 6.42 Å². The summed E-state index contributed by atoms with van der Waals surface area (Å²) in [6.07, 6.45) is -3.40. The predicted octanol–water partition coefficient (Wildman–Crippen LogP) is 4.48.